The zero-order valence-corrected chi connectivity index (χ0v) is 24.1. The molecule has 4 heterocycles. The van der Waals surface area contributed by atoms with Crippen molar-refractivity contribution in [2.75, 3.05) is 13.1 Å². The molecule has 42 heavy (non-hydrogen) atoms. The molecule has 0 unspecified atom stereocenters. The number of rotatable bonds is 4. The Morgan fingerprint density at radius 2 is 1.83 bits per heavy atom. The molecule has 1 aliphatic rings. The lowest BCUT2D eigenvalue weighted by atomic mass is 9.96. The number of imidazole rings is 1. The first-order chi connectivity index (χ1) is 20.1. The number of likely N-dealkylation sites (tertiary alicyclic amines) is 1. The van der Waals surface area contributed by atoms with Crippen LogP contribution in [-0.2, 0) is 18.3 Å². The van der Waals surface area contributed by atoms with Crippen molar-refractivity contribution in [3.8, 4) is 28.5 Å². The van der Waals surface area contributed by atoms with Crippen LogP contribution in [0.5, 0.6) is 0 Å². The number of fused-ring (bicyclic) bond motifs is 2. The molecule has 3 aromatic heterocycles. The molecule has 0 bridgehead atoms. The molecule has 10 heteroatoms. The summed E-state index contributed by atoms with van der Waals surface area (Å²) in [6.07, 6.45) is 6.87. The highest BCUT2D eigenvalue weighted by Gasteiger charge is 2.28. The van der Waals surface area contributed by atoms with E-state index in [-0.39, 0.29) is 11.7 Å². The van der Waals surface area contributed by atoms with E-state index in [0.717, 1.165) is 41.4 Å². The molecule has 1 fully saturated rings. The summed E-state index contributed by atoms with van der Waals surface area (Å²) >= 11 is 0. The van der Waals surface area contributed by atoms with Gasteiger partial charge in [0.15, 0.2) is 0 Å². The minimum Gasteiger partial charge on any atom is -0.444 e. The van der Waals surface area contributed by atoms with E-state index < -0.39 is 11.4 Å². The summed E-state index contributed by atoms with van der Waals surface area (Å²) in [5.74, 6) is -0.235. The smallest absolute Gasteiger partial charge is 0.410 e. The molecule has 9 nitrogen and oxygen atoms in total. The highest BCUT2D eigenvalue weighted by Crippen LogP contribution is 2.38. The van der Waals surface area contributed by atoms with Crippen molar-refractivity contribution >= 4 is 28.0 Å². The van der Waals surface area contributed by atoms with Gasteiger partial charge in [-0.05, 0) is 69.4 Å². The monoisotopic (exact) mass is 565 g/mol. The van der Waals surface area contributed by atoms with Crippen molar-refractivity contribution in [2.45, 2.75) is 45.8 Å². The van der Waals surface area contributed by atoms with Crippen LogP contribution >= 0.6 is 0 Å². The van der Waals surface area contributed by atoms with Gasteiger partial charge in [0.1, 0.15) is 23.0 Å². The summed E-state index contributed by atoms with van der Waals surface area (Å²) < 4.78 is 24.3. The van der Waals surface area contributed by atoms with Crippen molar-refractivity contribution in [3.63, 3.8) is 0 Å². The lowest BCUT2D eigenvalue weighted by Gasteiger charge is -2.33. The molecule has 0 radical (unpaired) electrons. The number of amides is 1. The standard InChI is InChI=1S/C32H32FN7O2/c1-32(2,3)42-31(41)39-11-9-20(10-12-39)18-40-19-36-30-27(40)17-35-29(22-7-8-26-24(13-22)16-37-38(26)4)28(30)21-5-6-23(15-34)25(33)14-21/h5-8,13-14,16-17,19-20H,9-12,18H2,1-4H3. The molecule has 1 aliphatic heterocycles. The van der Waals surface area contributed by atoms with Crippen molar-refractivity contribution in [1.82, 2.24) is 29.2 Å². The van der Waals surface area contributed by atoms with Gasteiger partial charge < -0.3 is 14.2 Å². The predicted molar refractivity (Wildman–Crippen MR) is 158 cm³/mol. The maximum Gasteiger partial charge on any atom is 0.410 e. The number of pyridine rings is 1. The van der Waals surface area contributed by atoms with E-state index in [0.29, 0.717) is 41.3 Å². The van der Waals surface area contributed by atoms with Crippen LogP contribution in [0.25, 0.3) is 44.3 Å². The lowest BCUT2D eigenvalue weighted by Crippen LogP contribution is -2.42. The number of piperidine rings is 1. The minimum absolute atomic E-state index is 0.0135. The Hall–Kier alpha value is -4.78. The molecule has 6 rings (SSSR count). The molecule has 214 valence electrons. The SMILES string of the molecule is Cn1ncc2cc(-c3ncc4c(ncn4CC4CCN(C(=O)OC(C)(C)C)CC4)c3-c3ccc(C#N)c(F)c3)ccc21. The van der Waals surface area contributed by atoms with Gasteiger partial charge in [-0.2, -0.15) is 10.4 Å². The largest absolute Gasteiger partial charge is 0.444 e. The number of ether oxygens (including phenoxy) is 1. The van der Waals surface area contributed by atoms with Crippen LogP contribution in [0.1, 0.15) is 39.2 Å². The molecular formula is C32H32FN7O2. The first-order valence-corrected chi connectivity index (χ1v) is 14.0. The van der Waals surface area contributed by atoms with Gasteiger partial charge in [-0.25, -0.2) is 14.2 Å². The average Bonchev–Trinajstić information content (AvgIpc) is 3.54. The third-order valence-corrected chi connectivity index (χ3v) is 7.79. The number of aromatic nitrogens is 5. The quantitative estimate of drug-likeness (QED) is 0.253. The first-order valence-electron chi connectivity index (χ1n) is 14.0. The summed E-state index contributed by atoms with van der Waals surface area (Å²) in [6.45, 7) is 7.63. The minimum atomic E-state index is -0.586. The zero-order valence-electron chi connectivity index (χ0n) is 24.1. The first kappa shape index (κ1) is 27.4. The number of hydrogen-bond acceptors (Lipinski definition) is 6. The van der Waals surface area contributed by atoms with Crippen molar-refractivity contribution in [1.29, 1.82) is 5.26 Å². The number of nitriles is 1. The molecule has 1 amide bonds. The van der Waals surface area contributed by atoms with Gasteiger partial charge in [-0.1, -0.05) is 12.1 Å². The van der Waals surface area contributed by atoms with E-state index >= 15 is 0 Å². The Kier molecular flexibility index (Phi) is 6.89. The normalized spacial score (nSPS) is 14.4. The van der Waals surface area contributed by atoms with Crippen molar-refractivity contribution in [3.05, 3.63) is 66.5 Å². The number of carbonyl (C=O) groups is 1. The second kappa shape index (κ2) is 10.6. The second-order valence-electron chi connectivity index (χ2n) is 11.9. The Bertz CT molecular complexity index is 1850. The summed E-state index contributed by atoms with van der Waals surface area (Å²) in [7, 11) is 1.89. The van der Waals surface area contributed by atoms with Crippen LogP contribution in [0.2, 0.25) is 0 Å². The Morgan fingerprint density at radius 3 is 2.55 bits per heavy atom. The summed E-state index contributed by atoms with van der Waals surface area (Å²) in [5.41, 5.74) is 4.86. The van der Waals surface area contributed by atoms with Crippen LogP contribution in [-0.4, -0.2) is 54.0 Å². The molecule has 1 saturated heterocycles. The summed E-state index contributed by atoms with van der Waals surface area (Å²) in [6, 6.07) is 12.5. The fourth-order valence-electron chi connectivity index (χ4n) is 5.63. The van der Waals surface area contributed by atoms with Crippen LogP contribution < -0.4 is 0 Å². The molecule has 0 spiro atoms. The number of benzene rings is 2. The number of halogens is 1. The van der Waals surface area contributed by atoms with E-state index in [1.165, 1.54) is 12.1 Å². The van der Waals surface area contributed by atoms with Gasteiger partial charge in [-0.15, -0.1) is 0 Å². The van der Waals surface area contributed by atoms with E-state index in [1.54, 1.807) is 17.2 Å². The topological polar surface area (TPSA) is 102 Å². The third-order valence-electron chi connectivity index (χ3n) is 7.79. The zero-order chi connectivity index (χ0) is 29.6. The van der Waals surface area contributed by atoms with E-state index in [4.69, 9.17) is 14.7 Å². The molecule has 0 aliphatic carbocycles. The fourth-order valence-corrected chi connectivity index (χ4v) is 5.63. The van der Waals surface area contributed by atoms with Crippen LogP contribution in [0.3, 0.4) is 0 Å². The van der Waals surface area contributed by atoms with Crippen LogP contribution in [0.4, 0.5) is 9.18 Å². The van der Waals surface area contributed by atoms with Crippen LogP contribution in [0, 0.1) is 23.1 Å². The third kappa shape index (κ3) is 5.18. The van der Waals surface area contributed by atoms with E-state index in [9.17, 15) is 14.4 Å². The number of carbonyl (C=O) groups excluding carboxylic acids is 1. The van der Waals surface area contributed by atoms with Gasteiger partial charge in [-0.3, -0.25) is 9.67 Å². The maximum atomic E-state index is 14.9. The highest BCUT2D eigenvalue weighted by molar-refractivity contribution is 6.00. The van der Waals surface area contributed by atoms with Gasteiger partial charge in [0, 0.05) is 43.2 Å². The Balaban J connectivity index is 1.35. The number of nitrogens with zero attached hydrogens (tertiary/aromatic N) is 7. The Morgan fingerprint density at radius 1 is 1.07 bits per heavy atom. The number of hydrogen-bond donors (Lipinski definition) is 0. The lowest BCUT2D eigenvalue weighted by molar-refractivity contribution is 0.0178. The van der Waals surface area contributed by atoms with Gasteiger partial charge in [0.25, 0.3) is 0 Å². The maximum absolute atomic E-state index is 14.9. The van der Waals surface area contributed by atoms with E-state index in [1.807, 2.05) is 69.3 Å². The van der Waals surface area contributed by atoms with Gasteiger partial charge in [0.05, 0.1) is 41.0 Å². The second-order valence-corrected chi connectivity index (χ2v) is 11.9. The van der Waals surface area contributed by atoms with Gasteiger partial charge >= 0.3 is 6.09 Å². The number of aryl methyl sites for hydroxylation is 1. The summed E-state index contributed by atoms with van der Waals surface area (Å²) in [5, 5.41) is 14.6. The molecule has 0 atom stereocenters. The van der Waals surface area contributed by atoms with Crippen LogP contribution in [0.15, 0.2) is 55.1 Å². The molecule has 0 N–H and O–H groups in total. The van der Waals surface area contributed by atoms with Gasteiger partial charge in [0.2, 0.25) is 0 Å². The fraction of sp³-hybridized carbons (Fsp3) is 0.344. The average molecular weight is 566 g/mol. The predicted octanol–water partition coefficient (Wildman–Crippen LogP) is 6.31. The summed E-state index contributed by atoms with van der Waals surface area (Å²) in [4.78, 5) is 24.0. The Labute approximate surface area is 243 Å². The molecular weight excluding hydrogens is 533 g/mol. The molecule has 5 aromatic rings. The molecule has 0 saturated carbocycles. The molecule has 2 aromatic carbocycles. The van der Waals surface area contributed by atoms with E-state index in [2.05, 4.69) is 9.67 Å². The van der Waals surface area contributed by atoms with Crippen molar-refractivity contribution in [2.24, 2.45) is 13.0 Å². The van der Waals surface area contributed by atoms with Crippen molar-refractivity contribution < 1.29 is 13.9 Å². The highest BCUT2D eigenvalue weighted by atomic mass is 19.1.